The van der Waals surface area contributed by atoms with Gasteiger partial charge in [-0.15, -0.1) is 11.8 Å². The molecule has 0 atom stereocenters. The predicted molar refractivity (Wildman–Crippen MR) is 64.9 cm³/mol. The van der Waals surface area contributed by atoms with Crippen LogP contribution < -0.4 is 5.73 Å². The minimum atomic E-state index is 0.550. The second kappa shape index (κ2) is 5.64. The maximum absolute atomic E-state index is 6.12. The first-order valence-electron chi connectivity index (χ1n) is 4.74. The summed E-state index contributed by atoms with van der Waals surface area (Å²) in [5.41, 5.74) is 6.61. The maximum atomic E-state index is 6.12. The van der Waals surface area contributed by atoms with Gasteiger partial charge in [0.25, 0.3) is 0 Å². The summed E-state index contributed by atoms with van der Waals surface area (Å²) in [6.45, 7) is 4.96. The van der Waals surface area contributed by atoms with E-state index in [2.05, 4.69) is 19.9 Å². The number of halogens is 1. The van der Waals surface area contributed by atoms with Crippen LogP contribution >= 0.6 is 23.4 Å². The van der Waals surface area contributed by atoms with Crippen LogP contribution in [0, 0.1) is 5.92 Å². The van der Waals surface area contributed by atoms with Crippen molar-refractivity contribution in [3.05, 3.63) is 28.8 Å². The lowest BCUT2D eigenvalue weighted by molar-refractivity contribution is 0.750. The van der Waals surface area contributed by atoms with Crippen molar-refractivity contribution in [2.45, 2.75) is 25.3 Å². The molecular weight excluding hydrogens is 214 g/mol. The van der Waals surface area contributed by atoms with Crippen LogP contribution in [0.4, 0.5) is 0 Å². The van der Waals surface area contributed by atoms with E-state index in [-0.39, 0.29) is 0 Å². The largest absolute Gasteiger partial charge is 0.326 e. The molecule has 0 spiro atoms. The Morgan fingerprint density at radius 3 is 2.64 bits per heavy atom. The summed E-state index contributed by atoms with van der Waals surface area (Å²) >= 11 is 7.92. The Hall–Kier alpha value is -0.180. The highest BCUT2D eigenvalue weighted by molar-refractivity contribution is 7.99. The van der Waals surface area contributed by atoms with Gasteiger partial charge in [0.2, 0.25) is 0 Å². The van der Waals surface area contributed by atoms with E-state index in [1.54, 1.807) is 11.8 Å². The van der Waals surface area contributed by atoms with Gasteiger partial charge >= 0.3 is 0 Å². The molecule has 78 valence electrons. The zero-order valence-electron chi connectivity index (χ0n) is 8.59. The quantitative estimate of drug-likeness (QED) is 0.800. The third-order valence-electron chi connectivity index (χ3n) is 1.80. The van der Waals surface area contributed by atoms with Crippen LogP contribution in [0.25, 0.3) is 0 Å². The van der Waals surface area contributed by atoms with E-state index in [1.807, 2.05) is 12.1 Å². The van der Waals surface area contributed by atoms with Crippen molar-refractivity contribution in [3.63, 3.8) is 0 Å². The predicted octanol–water partition coefficient (Wildman–Crippen LogP) is 3.55. The average molecular weight is 230 g/mol. The molecular formula is C11H16ClNS. The lowest BCUT2D eigenvalue weighted by atomic mass is 10.2. The molecule has 2 N–H and O–H groups in total. The SMILES string of the molecule is CC(C)CSc1ccc(CN)cc1Cl. The summed E-state index contributed by atoms with van der Waals surface area (Å²) in [6, 6.07) is 6.04. The van der Waals surface area contributed by atoms with Crippen LogP contribution in [0.15, 0.2) is 23.1 Å². The maximum Gasteiger partial charge on any atom is 0.0545 e. The van der Waals surface area contributed by atoms with E-state index in [0.717, 1.165) is 21.2 Å². The molecule has 0 radical (unpaired) electrons. The summed E-state index contributed by atoms with van der Waals surface area (Å²) in [5.74, 6) is 1.78. The molecule has 0 aliphatic heterocycles. The normalized spacial score (nSPS) is 10.9. The van der Waals surface area contributed by atoms with Crippen molar-refractivity contribution in [1.82, 2.24) is 0 Å². The molecule has 0 bridgehead atoms. The van der Waals surface area contributed by atoms with Crippen LogP contribution in [0.3, 0.4) is 0 Å². The summed E-state index contributed by atoms with van der Waals surface area (Å²) in [7, 11) is 0. The summed E-state index contributed by atoms with van der Waals surface area (Å²) in [4.78, 5) is 1.15. The topological polar surface area (TPSA) is 26.0 Å². The molecule has 0 amide bonds. The molecule has 0 heterocycles. The third-order valence-corrected chi connectivity index (χ3v) is 3.73. The molecule has 1 nitrogen and oxygen atoms in total. The van der Waals surface area contributed by atoms with Gasteiger partial charge in [-0.05, 0) is 23.6 Å². The Morgan fingerprint density at radius 1 is 1.43 bits per heavy atom. The van der Waals surface area contributed by atoms with Crippen LogP contribution in [-0.4, -0.2) is 5.75 Å². The Labute approximate surface area is 95.0 Å². The fourth-order valence-corrected chi connectivity index (χ4v) is 2.29. The zero-order chi connectivity index (χ0) is 10.6. The smallest absolute Gasteiger partial charge is 0.0545 e. The van der Waals surface area contributed by atoms with Gasteiger partial charge in [-0.2, -0.15) is 0 Å². The van der Waals surface area contributed by atoms with Gasteiger partial charge in [0.1, 0.15) is 0 Å². The van der Waals surface area contributed by atoms with Gasteiger partial charge in [0.05, 0.1) is 5.02 Å². The number of hydrogen-bond donors (Lipinski definition) is 1. The Kier molecular flexibility index (Phi) is 4.79. The molecule has 0 saturated carbocycles. The van der Waals surface area contributed by atoms with Crippen molar-refractivity contribution in [3.8, 4) is 0 Å². The zero-order valence-corrected chi connectivity index (χ0v) is 10.2. The Morgan fingerprint density at radius 2 is 2.14 bits per heavy atom. The molecule has 3 heteroatoms. The second-order valence-electron chi connectivity index (χ2n) is 3.67. The first-order chi connectivity index (χ1) is 6.63. The van der Waals surface area contributed by atoms with E-state index in [4.69, 9.17) is 17.3 Å². The van der Waals surface area contributed by atoms with E-state index in [1.165, 1.54) is 0 Å². The number of rotatable bonds is 4. The highest BCUT2D eigenvalue weighted by atomic mass is 35.5. The first kappa shape index (κ1) is 11.9. The Bertz CT molecular complexity index is 299. The van der Waals surface area contributed by atoms with Gasteiger partial charge in [-0.3, -0.25) is 0 Å². The lowest BCUT2D eigenvalue weighted by Gasteiger charge is -2.07. The van der Waals surface area contributed by atoms with Crippen molar-refractivity contribution in [2.75, 3.05) is 5.75 Å². The van der Waals surface area contributed by atoms with E-state index in [9.17, 15) is 0 Å². The van der Waals surface area contributed by atoms with Crippen molar-refractivity contribution < 1.29 is 0 Å². The summed E-state index contributed by atoms with van der Waals surface area (Å²) in [6.07, 6.45) is 0. The van der Waals surface area contributed by atoms with E-state index >= 15 is 0 Å². The van der Waals surface area contributed by atoms with Crippen LogP contribution in [0.5, 0.6) is 0 Å². The number of thioether (sulfide) groups is 1. The minimum absolute atomic E-state index is 0.550. The lowest BCUT2D eigenvalue weighted by Crippen LogP contribution is -1.96. The van der Waals surface area contributed by atoms with E-state index in [0.29, 0.717) is 12.5 Å². The Balaban J connectivity index is 2.69. The van der Waals surface area contributed by atoms with E-state index < -0.39 is 0 Å². The molecule has 0 fully saturated rings. The number of benzene rings is 1. The first-order valence-corrected chi connectivity index (χ1v) is 6.11. The van der Waals surface area contributed by atoms with Gasteiger partial charge < -0.3 is 5.73 Å². The van der Waals surface area contributed by atoms with Crippen molar-refractivity contribution in [2.24, 2.45) is 11.7 Å². The molecule has 0 aliphatic rings. The second-order valence-corrected chi connectivity index (χ2v) is 5.14. The van der Waals surface area contributed by atoms with Gasteiger partial charge in [-0.25, -0.2) is 0 Å². The monoisotopic (exact) mass is 229 g/mol. The third kappa shape index (κ3) is 3.52. The van der Waals surface area contributed by atoms with Gasteiger partial charge in [-0.1, -0.05) is 31.5 Å². The van der Waals surface area contributed by atoms with Crippen LogP contribution in [0.2, 0.25) is 5.02 Å². The van der Waals surface area contributed by atoms with Crippen LogP contribution in [-0.2, 0) is 6.54 Å². The molecule has 0 unspecified atom stereocenters. The fourth-order valence-electron chi connectivity index (χ4n) is 1.04. The standard InChI is InChI=1S/C11H16ClNS/c1-8(2)7-14-11-4-3-9(6-13)5-10(11)12/h3-5,8H,6-7,13H2,1-2H3. The minimum Gasteiger partial charge on any atom is -0.326 e. The highest BCUT2D eigenvalue weighted by Gasteiger charge is 2.03. The molecule has 1 rings (SSSR count). The highest BCUT2D eigenvalue weighted by Crippen LogP contribution is 2.29. The number of nitrogens with two attached hydrogens (primary N) is 1. The van der Waals surface area contributed by atoms with Crippen molar-refractivity contribution >= 4 is 23.4 Å². The molecule has 0 aromatic heterocycles. The van der Waals surface area contributed by atoms with Gasteiger partial charge in [0.15, 0.2) is 0 Å². The fraction of sp³-hybridized carbons (Fsp3) is 0.455. The van der Waals surface area contributed by atoms with Crippen LogP contribution in [0.1, 0.15) is 19.4 Å². The molecule has 0 saturated heterocycles. The van der Waals surface area contributed by atoms with Crippen molar-refractivity contribution in [1.29, 1.82) is 0 Å². The molecule has 14 heavy (non-hydrogen) atoms. The summed E-state index contributed by atoms with van der Waals surface area (Å²) in [5, 5.41) is 0.818. The molecule has 1 aromatic carbocycles. The molecule has 1 aromatic rings. The van der Waals surface area contributed by atoms with Gasteiger partial charge in [0, 0.05) is 17.2 Å². The number of hydrogen-bond acceptors (Lipinski definition) is 2. The molecule has 0 aliphatic carbocycles. The summed E-state index contributed by atoms with van der Waals surface area (Å²) < 4.78 is 0. The average Bonchev–Trinajstić information content (AvgIpc) is 2.15.